The van der Waals surface area contributed by atoms with Crippen LogP contribution in [0.4, 0.5) is 0 Å². The molecule has 2 heterocycles. The number of H-pyrrole nitrogens is 1. The van der Waals surface area contributed by atoms with Gasteiger partial charge in [-0.3, -0.25) is 5.10 Å². The highest BCUT2D eigenvalue weighted by Gasteiger charge is 2.33. The number of hydrogen-bond donors (Lipinski definition) is 2. The lowest BCUT2D eigenvalue weighted by Crippen LogP contribution is -2.49. The molecule has 1 aliphatic rings. The van der Waals surface area contributed by atoms with Crippen LogP contribution >= 0.6 is 0 Å². The van der Waals surface area contributed by atoms with Crippen molar-refractivity contribution in [3.63, 3.8) is 0 Å². The molecule has 6 nitrogen and oxygen atoms in total. The van der Waals surface area contributed by atoms with Crippen molar-refractivity contribution >= 4 is 10.0 Å². The van der Waals surface area contributed by atoms with Crippen LogP contribution in [0, 0.1) is 5.92 Å². The summed E-state index contributed by atoms with van der Waals surface area (Å²) < 4.78 is 26.0. The van der Waals surface area contributed by atoms with Crippen LogP contribution in [0.2, 0.25) is 0 Å². The lowest BCUT2D eigenvalue weighted by molar-refractivity contribution is 0.228. The van der Waals surface area contributed by atoms with E-state index in [1.807, 2.05) is 7.05 Å². The smallest absolute Gasteiger partial charge is 0.246 e. The Hall–Kier alpha value is -0.920. The highest BCUT2D eigenvalue weighted by atomic mass is 32.2. The maximum atomic E-state index is 12.2. The molecule has 0 radical (unpaired) electrons. The van der Waals surface area contributed by atoms with E-state index in [1.54, 1.807) is 0 Å². The Kier molecular flexibility index (Phi) is 3.50. The fourth-order valence-electron chi connectivity index (χ4n) is 2.28. The van der Waals surface area contributed by atoms with Crippen molar-refractivity contribution in [2.24, 2.45) is 5.92 Å². The normalized spacial score (nSPS) is 27.2. The van der Waals surface area contributed by atoms with Crippen LogP contribution in [0.3, 0.4) is 0 Å². The molecule has 0 bridgehead atoms. The third-order valence-corrected chi connectivity index (χ3v) is 5.18. The van der Waals surface area contributed by atoms with Gasteiger partial charge in [0, 0.05) is 25.3 Å². The van der Waals surface area contributed by atoms with Crippen LogP contribution in [0.1, 0.15) is 13.3 Å². The van der Waals surface area contributed by atoms with Crippen LogP contribution in [0.25, 0.3) is 0 Å². The van der Waals surface area contributed by atoms with Crippen LogP contribution in [-0.4, -0.2) is 49.1 Å². The average Bonchev–Trinajstić information content (AvgIpc) is 2.83. The number of aromatic nitrogens is 2. The monoisotopic (exact) mass is 258 g/mol. The molecule has 0 aliphatic carbocycles. The third kappa shape index (κ3) is 2.36. The van der Waals surface area contributed by atoms with Gasteiger partial charge >= 0.3 is 0 Å². The molecule has 7 heteroatoms. The molecule has 1 aromatic heterocycles. The summed E-state index contributed by atoms with van der Waals surface area (Å²) in [5.41, 5.74) is 0. The summed E-state index contributed by atoms with van der Waals surface area (Å²) in [5, 5.41) is 9.45. The topological polar surface area (TPSA) is 78.1 Å². The van der Waals surface area contributed by atoms with Gasteiger partial charge in [-0.25, -0.2) is 8.42 Å². The summed E-state index contributed by atoms with van der Waals surface area (Å²) in [7, 11) is -1.45. The summed E-state index contributed by atoms with van der Waals surface area (Å²) >= 11 is 0. The Labute approximate surface area is 101 Å². The Morgan fingerprint density at radius 1 is 1.59 bits per heavy atom. The molecule has 1 saturated heterocycles. The largest absolute Gasteiger partial charge is 0.317 e. The maximum Gasteiger partial charge on any atom is 0.246 e. The van der Waals surface area contributed by atoms with Gasteiger partial charge in [-0.15, -0.1) is 0 Å². The SMILES string of the molecule is CNC1CCN(S(=O)(=O)c2cn[nH]c2)CC1C. The molecular weight excluding hydrogens is 240 g/mol. The minimum atomic E-state index is -3.37. The second-order valence-electron chi connectivity index (χ2n) is 4.46. The van der Waals surface area contributed by atoms with Gasteiger partial charge in [0.2, 0.25) is 10.0 Å². The minimum Gasteiger partial charge on any atom is -0.317 e. The Morgan fingerprint density at radius 2 is 2.35 bits per heavy atom. The molecule has 0 amide bonds. The zero-order valence-electron chi connectivity index (χ0n) is 10.0. The van der Waals surface area contributed by atoms with E-state index in [0.717, 1.165) is 6.42 Å². The highest BCUT2D eigenvalue weighted by Crippen LogP contribution is 2.22. The summed E-state index contributed by atoms with van der Waals surface area (Å²) in [6.45, 7) is 3.18. The zero-order valence-corrected chi connectivity index (χ0v) is 10.9. The molecule has 2 N–H and O–H groups in total. The quantitative estimate of drug-likeness (QED) is 0.801. The van der Waals surface area contributed by atoms with E-state index in [4.69, 9.17) is 0 Å². The molecule has 0 spiro atoms. The molecular formula is C10H18N4O2S. The molecule has 17 heavy (non-hydrogen) atoms. The van der Waals surface area contributed by atoms with Crippen molar-refractivity contribution in [2.45, 2.75) is 24.3 Å². The summed E-state index contributed by atoms with van der Waals surface area (Å²) in [5.74, 6) is 0.315. The van der Waals surface area contributed by atoms with Crippen molar-refractivity contribution in [3.8, 4) is 0 Å². The second-order valence-corrected chi connectivity index (χ2v) is 6.40. The van der Waals surface area contributed by atoms with Gasteiger partial charge in [-0.1, -0.05) is 6.92 Å². The number of piperidine rings is 1. The summed E-state index contributed by atoms with van der Waals surface area (Å²) in [6, 6.07) is 0.394. The van der Waals surface area contributed by atoms with E-state index in [2.05, 4.69) is 22.4 Å². The Bertz CT molecular complexity index is 457. The van der Waals surface area contributed by atoms with E-state index in [9.17, 15) is 8.42 Å². The molecule has 1 aromatic rings. The first-order chi connectivity index (χ1) is 8.05. The number of sulfonamides is 1. The number of aromatic amines is 1. The van der Waals surface area contributed by atoms with Crippen molar-refractivity contribution in [2.75, 3.05) is 20.1 Å². The van der Waals surface area contributed by atoms with E-state index >= 15 is 0 Å². The molecule has 0 aromatic carbocycles. The molecule has 1 fully saturated rings. The first-order valence-electron chi connectivity index (χ1n) is 5.72. The summed E-state index contributed by atoms with van der Waals surface area (Å²) in [4.78, 5) is 0.243. The van der Waals surface area contributed by atoms with Crippen LogP contribution < -0.4 is 5.32 Å². The van der Waals surface area contributed by atoms with Crippen molar-refractivity contribution in [3.05, 3.63) is 12.4 Å². The van der Waals surface area contributed by atoms with E-state index in [1.165, 1.54) is 16.7 Å². The predicted molar refractivity (Wildman–Crippen MR) is 64.0 cm³/mol. The van der Waals surface area contributed by atoms with Gasteiger partial charge in [0.25, 0.3) is 0 Å². The predicted octanol–water partition coefficient (Wildman–Crippen LogP) is 0.0282. The fraction of sp³-hybridized carbons (Fsp3) is 0.700. The van der Waals surface area contributed by atoms with Gasteiger partial charge in [-0.2, -0.15) is 9.40 Å². The average molecular weight is 258 g/mol. The fourth-order valence-corrected chi connectivity index (χ4v) is 3.75. The van der Waals surface area contributed by atoms with Crippen molar-refractivity contribution in [1.82, 2.24) is 19.8 Å². The number of nitrogens with one attached hydrogen (secondary N) is 2. The zero-order chi connectivity index (χ0) is 12.5. The van der Waals surface area contributed by atoms with Crippen LogP contribution in [0.5, 0.6) is 0 Å². The number of rotatable bonds is 3. The van der Waals surface area contributed by atoms with Gasteiger partial charge in [0.1, 0.15) is 4.90 Å². The first-order valence-corrected chi connectivity index (χ1v) is 7.16. The molecule has 96 valence electrons. The first kappa shape index (κ1) is 12.5. The third-order valence-electron chi connectivity index (χ3n) is 3.35. The highest BCUT2D eigenvalue weighted by molar-refractivity contribution is 7.89. The lowest BCUT2D eigenvalue weighted by atomic mass is 9.96. The van der Waals surface area contributed by atoms with Crippen molar-refractivity contribution < 1.29 is 8.42 Å². The van der Waals surface area contributed by atoms with Crippen LogP contribution in [-0.2, 0) is 10.0 Å². The van der Waals surface area contributed by atoms with Gasteiger partial charge in [0.15, 0.2) is 0 Å². The lowest BCUT2D eigenvalue weighted by Gasteiger charge is -2.35. The standard InChI is InChI=1S/C10H18N4O2S/c1-8-7-14(4-3-10(8)11-2)17(15,16)9-5-12-13-6-9/h5-6,8,10-11H,3-4,7H2,1-2H3,(H,12,13). The molecule has 2 atom stereocenters. The van der Waals surface area contributed by atoms with Gasteiger partial charge in [0.05, 0.1) is 6.20 Å². The van der Waals surface area contributed by atoms with Gasteiger partial charge < -0.3 is 5.32 Å². The molecule has 2 rings (SSSR count). The Balaban J connectivity index is 2.15. The van der Waals surface area contributed by atoms with E-state index in [-0.39, 0.29) is 4.90 Å². The number of nitrogens with zero attached hydrogens (tertiary/aromatic N) is 2. The molecule has 1 aliphatic heterocycles. The van der Waals surface area contributed by atoms with Gasteiger partial charge in [-0.05, 0) is 19.4 Å². The summed E-state index contributed by atoms with van der Waals surface area (Å²) in [6.07, 6.45) is 3.61. The van der Waals surface area contributed by atoms with E-state index in [0.29, 0.717) is 25.0 Å². The van der Waals surface area contributed by atoms with Crippen LogP contribution in [0.15, 0.2) is 17.3 Å². The molecule has 2 unspecified atom stereocenters. The minimum absolute atomic E-state index is 0.243. The van der Waals surface area contributed by atoms with Crippen molar-refractivity contribution in [1.29, 1.82) is 0 Å². The maximum absolute atomic E-state index is 12.2. The number of hydrogen-bond acceptors (Lipinski definition) is 4. The second kappa shape index (κ2) is 4.75. The molecule has 0 saturated carbocycles. The Morgan fingerprint density at radius 3 is 2.88 bits per heavy atom. The van der Waals surface area contributed by atoms with E-state index < -0.39 is 10.0 Å².